The Balaban J connectivity index is 2.69. The van der Waals surface area contributed by atoms with Gasteiger partial charge in [0.25, 0.3) is 5.56 Å². The van der Waals surface area contributed by atoms with Crippen molar-refractivity contribution in [2.75, 3.05) is 0 Å². The molecule has 1 aromatic carbocycles. The normalized spacial score (nSPS) is 10.2. The maximum absolute atomic E-state index is 13.6. The molecule has 0 amide bonds. The Hall–Kier alpha value is -2.75. The molecule has 5 nitrogen and oxygen atoms in total. The summed E-state index contributed by atoms with van der Waals surface area (Å²) in [7, 11) is 0. The van der Waals surface area contributed by atoms with E-state index in [-0.39, 0.29) is 17.8 Å². The molecule has 7 heteroatoms. The van der Waals surface area contributed by atoms with Gasteiger partial charge in [0.2, 0.25) is 0 Å². The Kier molecular flexibility index (Phi) is 3.25. The van der Waals surface area contributed by atoms with Crippen LogP contribution in [0.3, 0.4) is 0 Å². The largest absolute Gasteiger partial charge is 0.506 e. The molecule has 0 fully saturated rings. The van der Waals surface area contributed by atoms with Crippen LogP contribution >= 0.6 is 0 Å². The van der Waals surface area contributed by atoms with E-state index in [2.05, 4.69) is 5.10 Å². The van der Waals surface area contributed by atoms with Gasteiger partial charge in [0.1, 0.15) is 28.8 Å². The summed E-state index contributed by atoms with van der Waals surface area (Å²) in [5.74, 6) is -2.04. The number of nitrogens with zero attached hydrogens (tertiary/aromatic N) is 3. The molecule has 0 aliphatic heterocycles. The lowest BCUT2D eigenvalue weighted by molar-refractivity contribution is 0.458. The maximum atomic E-state index is 13.6. The van der Waals surface area contributed by atoms with Gasteiger partial charge in [-0.05, 0) is 12.1 Å². The van der Waals surface area contributed by atoms with Crippen LogP contribution in [0.15, 0.2) is 29.1 Å². The van der Waals surface area contributed by atoms with Crippen molar-refractivity contribution in [3.05, 3.63) is 51.9 Å². The van der Waals surface area contributed by atoms with E-state index in [1.54, 1.807) is 6.07 Å². The predicted octanol–water partition coefficient (Wildman–Crippen LogP) is 1.28. The van der Waals surface area contributed by atoms with Gasteiger partial charge in [-0.1, -0.05) is 0 Å². The fraction of sp³-hybridized carbons (Fsp3) is 0.0833. The van der Waals surface area contributed by atoms with E-state index in [0.29, 0.717) is 4.68 Å². The number of aromatic hydroxyl groups is 1. The van der Waals surface area contributed by atoms with E-state index in [1.165, 1.54) is 0 Å². The van der Waals surface area contributed by atoms with E-state index in [4.69, 9.17) is 5.26 Å². The summed E-state index contributed by atoms with van der Waals surface area (Å²) in [6, 6.07) is 5.10. The fourth-order valence-corrected chi connectivity index (χ4v) is 1.50. The van der Waals surface area contributed by atoms with E-state index in [1.807, 2.05) is 0 Å². The molecule has 0 aliphatic carbocycles. The van der Waals surface area contributed by atoms with Crippen LogP contribution in [0.2, 0.25) is 0 Å². The summed E-state index contributed by atoms with van der Waals surface area (Å²) in [6.45, 7) is 0. The first-order valence-electron chi connectivity index (χ1n) is 5.17. The molecule has 1 N–H and O–H groups in total. The molecule has 2 rings (SSSR count). The smallest absolute Gasteiger partial charge is 0.275 e. The second kappa shape index (κ2) is 4.86. The standard InChI is InChI=1S/C12H7F2N3O2/c13-7-1-2-8(14)10(5-7)17-12(19)6-11(18)9(16-17)3-4-15/h1-2,5-6,18H,3H2. The summed E-state index contributed by atoms with van der Waals surface area (Å²) < 4.78 is 27.2. The molecule has 1 heterocycles. The molecule has 0 saturated carbocycles. The summed E-state index contributed by atoms with van der Waals surface area (Å²) in [5, 5.41) is 21.6. The SMILES string of the molecule is N#CCc1nn(-c2cc(F)ccc2F)c(=O)cc1O. The van der Waals surface area contributed by atoms with Crippen molar-refractivity contribution >= 4 is 0 Å². The highest BCUT2D eigenvalue weighted by atomic mass is 19.1. The highest BCUT2D eigenvalue weighted by molar-refractivity contribution is 5.35. The molecular weight excluding hydrogens is 256 g/mol. The van der Waals surface area contributed by atoms with E-state index < -0.39 is 22.9 Å². The van der Waals surface area contributed by atoms with Crippen LogP contribution in [-0.4, -0.2) is 14.9 Å². The third-order valence-corrected chi connectivity index (χ3v) is 2.37. The predicted molar refractivity (Wildman–Crippen MR) is 60.7 cm³/mol. The van der Waals surface area contributed by atoms with Gasteiger partial charge >= 0.3 is 0 Å². The maximum Gasteiger partial charge on any atom is 0.275 e. The molecular formula is C12H7F2N3O2. The van der Waals surface area contributed by atoms with Crippen molar-refractivity contribution in [3.63, 3.8) is 0 Å². The lowest BCUT2D eigenvalue weighted by Gasteiger charge is -2.08. The molecule has 0 saturated heterocycles. The van der Waals surface area contributed by atoms with Crippen molar-refractivity contribution in [1.82, 2.24) is 9.78 Å². The lowest BCUT2D eigenvalue weighted by Crippen LogP contribution is -2.22. The summed E-state index contributed by atoms with van der Waals surface area (Å²) in [6.07, 6.45) is -0.261. The highest BCUT2D eigenvalue weighted by Crippen LogP contribution is 2.16. The molecule has 0 spiro atoms. The number of hydrogen-bond donors (Lipinski definition) is 1. The molecule has 0 bridgehead atoms. The first-order valence-corrected chi connectivity index (χ1v) is 5.17. The third-order valence-electron chi connectivity index (χ3n) is 2.37. The Bertz CT molecular complexity index is 735. The van der Waals surface area contributed by atoms with Crippen LogP contribution in [0.1, 0.15) is 5.69 Å². The molecule has 1 aromatic heterocycles. The van der Waals surface area contributed by atoms with Crippen molar-refractivity contribution in [1.29, 1.82) is 5.26 Å². The Labute approximate surface area is 106 Å². The van der Waals surface area contributed by atoms with Gasteiger partial charge in [-0.25, -0.2) is 8.78 Å². The summed E-state index contributed by atoms with van der Waals surface area (Å²) in [4.78, 5) is 11.6. The fourth-order valence-electron chi connectivity index (χ4n) is 1.50. The van der Waals surface area contributed by atoms with Gasteiger partial charge in [0.15, 0.2) is 0 Å². The number of halogens is 2. The van der Waals surface area contributed by atoms with Crippen LogP contribution < -0.4 is 5.56 Å². The minimum absolute atomic E-state index is 0.0919. The topological polar surface area (TPSA) is 78.9 Å². The van der Waals surface area contributed by atoms with Crippen LogP contribution in [0.4, 0.5) is 8.78 Å². The number of aromatic nitrogens is 2. The number of hydrogen-bond acceptors (Lipinski definition) is 4. The molecule has 96 valence electrons. The quantitative estimate of drug-likeness (QED) is 0.885. The molecule has 2 aromatic rings. The van der Waals surface area contributed by atoms with Crippen molar-refractivity contribution < 1.29 is 13.9 Å². The second-order valence-corrected chi connectivity index (χ2v) is 3.66. The average molecular weight is 263 g/mol. The first-order chi connectivity index (χ1) is 9.02. The molecule has 0 aliphatic rings. The highest BCUT2D eigenvalue weighted by Gasteiger charge is 2.13. The minimum atomic E-state index is -0.843. The first kappa shape index (κ1) is 12.7. The summed E-state index contributed by atoms with van der Waals surface area (Å²) in [5.41, 5.74) is -1.31. The number of nitriles is 1. The van der Waals surface area contributed by atoms with E-state index in [0.717, 1.165) is 24.3 Å². The zero-order valence-corrected chi connectivity index (χ0v) is 9.47. The zero-order valence-electron chi connectivity index (χ0n) is 9.47. The monoisotopic (exact) mass is 263 g/mol. The molecule has 0 radical (unpaired) electrons. The van der Waals surface area contributed by atoms with Crippen LogP contribution in [-0.2, 0) is 6.42 Å². The van der Waals surface area contributed by atoms with Crippen molar-refractivity contribution in [2.24, 2.45) is 0 Å². The minimum Gasteiger partial charge on any atom is -0.506 e. The van der Waals surface area contributed by atoms with Crippen molar-refractivity contribution in [3.8, 4) is 17.5 Å². The molecule has 19 heavy (non-hydrogen) atoms. The second-order valence-electron chi connectivity index (χ2n) is 3.66. The van der Waals surface area contributed by atoms with Crippen LogP contribution in [0, 0.1) is 23.0 Å². The summed E-state index contributed by atoms with van der Waals surface area (Å²) >= 11 is 0. The zero-order chi connectivity index (χ0) is 14.0. The van der Waals surface area contributed by atoms with Gasteiger partial charge in [0, 0.05) is 12.1 Å². The Morgan fingerprint density at radius 3 is 2.79 bits per heavy atom. The van der Waals surface area contributed by atoms with Gasteiger partial charge < -0.3 is 5.11 Å². The average Bonchev–Trinajstić information content (AvgIpc) is 2.36. The van der Waals surface area contributed by atoms with E-state index in [9.17, 15) is 18.7 Å². The van der Waals surface area contributed by atoms with Gasteiger partial charge in [-0.3, -0.25) is 4.79 Å². The Morgan fingerprint density at radius 2 is 2.11 bits per heavy atom. The van der Waals surface area contributed by atoms with Crippen LogP contribution in [0.25, 0.3) is 5.69 Å². The van der Waals surface area contributed by atoms with Gasteiger partial charge in [-0.15, -0.1) is 0 Å². The van der Waals surface area contributed by atoms with Crippen LogP contribution in [0.5, 0.6) is 5.75 Å². The lowest BCUT2D eigenvalue weighted by atomic mass is 10.2. The molecule has 0 unspecified atom stereocenters. The third kappa shape index (κ3) is 2.42. The number of benzene rings is 1. The Morgan fingerprint density at radius 1 is 1.37 bits per heavy atom. The number of rotatable bonds is 2. The molecule has 0 atom stereocenters. The van der Waals surface area contributed by atoms with Gasteiger partial charge in [0.05, 0.1) is 12.5 Å². The van der Waals surface area contributed by atoms with E-state index >= 15 is 0 Å². The van der Waals surface area contributed by atoms with Gasteiger partial charge in [-0.2, -0.15) is 15.0 Å². The van der Waals surface area contributed by atoms with Crippen molar-refractivity contribution in [2.45, 2.75) is 6.42 Å².